The molecule has 1 heterocycles. The second-order valence-electron chi connectivity index (χ2n) is 4.31. The lowest BCUT2D eigenvalue weighted by Gasteiger charge is -2.14. The summed E-state index contributed by atoms with van der Waals surface area (Å²) in [4.78, 5) is 3.89. The van der Waals surface area contributed by atoms with Gasteiger partial charge in [-0.1, -0.05) is 6.07 Å². The van der Waals surface area contributed by atoms with Crippen molar-refractivity contribution >= 4 is 0 Å². The van der Waals surface area contributed by atoms with E-state index in [0.717, 1.165) is 11.6 Å². The minimum Gasteiger partial charge on any atom is -0.438 e. The van der Waals surface area contributed by atoms with Gasteiger partial charge in [-0.2, -0.15) is 13.2 Å². The van der Waals surface area contributed by atoms with E-state index in [2.05, 4.69) is 4.98 Å². The van der Waals surface area contributed by atoms with Crippen molar-refractivity contribution in [2.45, 2.75) is 19.6 Å². The molecule has 2 aromatic rings. The molecule has 20 heavy (non-hydrogen) atoms. The molecule has 2 rings (SSSR count). The number of aryl methyl sites for hydroxylation is 1. The first-order chi connectivity index (χ1) is 9.40. The fourth-order valence-electron chi connectivity index (χ4n) is 1.69. The van der Waals surface area contributed by atoms with Gasteiger partial charge < -0.3 is 10.5 Å². The maximum absolute atomic E-state index is 13.0. The molecule has 0 radical (unpaired) electrons. The number of hydrogen-bond acceptors (Lipinski definition) is 3. The summed E-state index contributed by atoms with van der Waals surface area (Å²) < 4.78 is 44.3. The summed E-state index contributed by atoms with van der Waals surface area (Å²) >= 11 is 0. The summed E-state index contributed by atoms with van der Waals surface area (Å²) in [7, 11) is 0. The summed E-state index contributed by atoms with van der Waals surface area (Å²) in [6.45, 7) is 1.84. The summed E-state index contributed by atoms with van der Waals surface area (Å²) in [5.41, 5.74) is 5.75. The molecule has 0 atom stereocenters. The largest absolute Gasteiger partial charge is 0.438 e. The van der Waals surface area contributed by atoms with Crippen LogP contribution in [0, 0.1) is 6.92 Å². The van der Waals surface area contributed by atoms with Crippen LogP contribution in [0.15, 0.2) is 36.5 Å². The van der Waals surface area contributed by atoms with Gasteiger partial charge in [-0.3, -0.25) is 0 Å². The van der Waals surface area contributed by atoms with Crippen LogP contribution in [-0.2, 0) is 12.7 Å². The fourth-order valence-corrected chi connectivity index (χ4v) is 1.69. The predicted octanol–water partition coefficient (Wildman–Crippen LogP) is 3.66. The molecule has 0 fully saturated rings. The fraction of sp³-hybridized carbons (Fsp3) is 0.214. The standard InChI is InChI=1S/C14H13F3N2O/c1-9-4-5-19-13(6-9)20-12-3-2-10(8-18)7-11(12)14(15,16)17/h2-7H,8,18H2,1H3. The lowest BCUT2D eigenvalue weighted by molar-refractivity contribution is -0.138. The summed E-state index contributed by atoms with van der Waals surface area (Å²) in [6.07, 6.45) is -3.03. The Hall–Kier alpha value is -2.08. The Bertz CT molecular complexity index is 612. The van der Waals surface area contributed by atoms with Gasteiger partial charge in [0.15, 0.2) is 0 Å². The number of nitrogens with zero attached hydrogens (tertiary/aromatic N) is 1. The smallest absolute Gasteiger partial charge is 0.419 e. The average molecular weight is 282 g/mol. The van der Waals surface area contributed by atoms with Crippen LogP contribution in [0.2, 0.25) is 0 Å². The van der Waals surface area contributed by atoms with Crippen LogP contribution in [0.3, 0.4) is 0 Å². The second kappa shape index (κ2) is 5.50. The normalized spacial score (nSPS) is 11.4. The molecule has 0 aliphatic rings. The monoisotopic (exact) mass is 282 g/mol. The third kappa shape index (κ3) is 3.27. The first-order valence-corrected chi connectivity index (χ1v) is 5.91. The van der Waals surface area contributed by atoms with E-state index in [1.807, 2.05) is 0 Å². The van der Waals surface area contributed by atoms with Gasteiger partial charge in [-0.15, -0.1) is 0 Å². The number of benzene rings is 1. The molecular formula is C14H13F3N2O. The van der Waals surface area contributed by atoms with Gasteiger partial charge >= 0.3 is 6.18 Å². The molecule has 1 aromatic carbocycles. The zero-order chi connectivity index (χ0) is 14.8. The highest BCUT2D eigenvalue weighted by Gasteiger charge is 2.34. The van der Waals surface area contributed by atoms with Crippen LogP contribution in [-0.4, -0.2) is 4.98 Å². The first kappa shape index (κ1) is 14.3. The molecule has 2 N–H and O–H groups in total. The molecule has 0 saturated heterocycles. The molecule has 0 bridgehead atoms. The molecule has 1 aromatic heterocycles. The Balaban J connectivity index is 2.41. The predicted molar refractivity (Wildman–Crippen MR) is 68.4 cm³/mol. The van der Waals surface area contributed by atoms with Gasteiger partial charge in [0.25, 0.3) is 0 Å². The lowest BCUT2D eigenvalue weighted by atomic mass is 10.1. The van der Waals surface area contributed by atoms with Crippen molar-refractivity contribution in [3.63, 3.8) is 0 Å². The first-order valence-electron chi connectivity index (χ1n) is 5.91. The van der Waals surface area contributed by atoms with Crippen molar-refractivity contribution in [2.75, 3.05) is 0 Å². The highest BCUT2D eigenvalue weighted by molar-refractivity contribution is 5.41. The van der Waals surface area contributed by atoms with Crippen molar-refractivity contribution in [3.05, 3.63) is 53.2 Å². The van der Waals surface area contributed by atoms with Gasteiger partial charge in [-0.05, 0) is 36.2 Å². The molecule has 0 saturated carbocycles. The molecule has 0 unspecified atom stereocenters. The van der Waals surface area contributed by atoms with Crippen molar-refractivity contribution in [2.24, 2.45) is 5.73 Å². The average Bonchev–Trinajstić information content (AvgIpc) is 2.38. The summed E-state index contributed by atoms with van der Waals surface area (Å²) in [5, 5.41) is 0. The van der Waals surface area contributed by atoms with Gasteiger partial charge in [0.05, 0.1) is 5.56 Å². The number of halogens is 3. The van der Waals surface area contributed by atoms with Crippen molar-refractivity contribution < 1.29 is 17.9 Å². The number of alkyl halides is 3. The van der Waals surface area contributed by atoms with Crippen LogP contribution in [0.4, 0.5) is 13.2 Å². The minimum absolute atomic E-state index is 0.0338. The van der Waals surface area contributed by atoms with Crippen LogP contribution < -0.4 is 10.5 Å². The number of rotatable bonds is 3. The van der Waals surface area contributed by atoms with E-state index >= 15 is 0 Å². The Morgan fingerprint density at radius 3 is 2.55 bits per heavy atom. The lowest BCUT2D eigenvalue weighted by Crippen LogP contribution is -2.09. The van der Waals surface area contributed by atoms with Gasteiger partial charge in [0.1, 0.15) is 5.75 Å². The number of hydrogen-bond donors (Lipinski definition) is 1. The van der Waals surface area contributed by atoms with E-state index in [9.17, 15) is 13.2 Å². The van der Waals surface area contributed by atoms with E-state index < -0.39 is 11.7 Å². The van der Waals surface area contributed by atoms with Crippen LogP contribution in [0.5, 0.6) is 11.6 Å². The van der Waals surface area contributed by atoms with Crippen LogP contribution in [0.1, 0.15) is 16.7 Å². The van der Waals surface area contributed by atoms with Crippen molar-refractivity contribution in [1.29, 1.82) is 0 Å². The molecule has 3 nitrogen and oxygen atoms in total. The number of aromatic nitrogens is 1. The molecule has 106 valence electrons. The quantitative estimate of drug-likeness (QED) is 0.934. The molecule has 6 heteroatoms. The van der Waals surface area contributed by atoms with E-state index in [1.54, 1.807) is 19.1 Å². The van der Waals surface area contributed by atoms with Crippen molar-refractivity contribution in [3.8, 4) is 11.6 Å². The minimum atomic E-state index is -4.51. The zero-order valence-electron chi connectivity index (χ0n) is 10.7. The van der Waals surface area contributed by atoms with Gasteiger partial charge in [-0.25, -0.2) is 4.98 Å². The third-order valence-corrected chi connectivity index (χ3v) is 2.69. The SMILES string of the molecule is Cc1ccnc(Oc2ccc(CN)cc2C(F)(F)F)c1. The highest BCUT2D eigenvalue weighted by atomic mass is 19.4. The van der Waals surface area contributed by atoms with E-state index in [0.29, 0.717) is 5.56 Å². The number of pyridine rings is 1. The van der Waals surface area contributed by atoms with Gasteiger partial charge in [0.2, 0.25) is 5.88 Å². The summed E-state index contributed by atoms with van der Waals surface area (Å²) in [6, 6.07) is 7.05. The van der Waals surface area contributed by atoms with E-state index in [-0.39, 0.29) is 18.2 Å². The zero-order valence-corrected chi connectivity index (χ0v) is 10.7. The molecule has 0 aliphatic carbocycles. The molecule has 0 spiro atoms. The molecular weight excluding hydrogens is 269 g/mol. The number of nitrogens with two attached hydrogens (primary N) is 1. The molecule has 0 amide bonds. The van der Waals surface area contributed by atoms with Gasteiger partial charge in [0, 0.05) is 18.8 Å². The number of ether oxygens (including phenoxy) is 1. The maximum atomic E-state index is 13.0. The Labute approximate surface area is 114 Å². The topological polar surface area (TPSA) is 48.1 Å². The van der Waals surface area contributed by atoms with E-state index in [1.165, 1.54) is 18.3 Å². The maximum Gasteiger partial charge on any atom is 0.419 e. The Morgan fingerprint density at radius 2 is 1.95 bits per heavy atom. The van der Waals surface area contributed by atoms with Crippen molar-refractivity contribution in [1.82, 2.24) is 4.98 Å². The summed E-state index contributed by atoms with van der Waals surface area (Å²) in [5.74, 6) is -0.163. The van der Waals surface area contributed by atoms with Crippen LogP contribution >= 0.6 is 0 Å². The van der Waals surface area contributed by atoms with E-state index in [4.69, 9.17) is 10.5 Å². The second-order valence-corrected chi connectivity index (χ2v) is 4.31. The highest BCUT2D eigenvalue weighted by Crippen LogP contribution is 2.38. The van der Waals surface area contributed by atoms with Crippen LogP contribution in [0.25, 0.3) is 0 Å². The Morgan fingerprint density at radius 1 is 1.20 bits per heavy atom. The Kier molecular flexibility index (Phi) is 3.94. The molecule has 0 aliphatic heterocycles. The third-order valence-electron chi connectivity index (χ3n) is 2.69.